The highest BCUT2D eigenvalue weighted by molar-refractivity contribution is 5.47. The molecule has 0 radical (unpaired) electrons. The van der Waals surface area contributed by atoms with Crippen LogP contribution in [0.15, 0.2) is 24.3 Å². The number of nitrogens with one attached hydrogen (secondary N) is 1. The van der Waals surface area contributed by atoms with Gasteiger partial charge in [0, 0.05) is 31.7 Å². The SMILES string of the molecule is N#CC1(Nc2ccc(F)cc2)CCOCC1. The molecule has 0 atom stereocenters. The maximum atomic E-state index is 12.7. The van der Waals surface area contributed by atoms with Crippen molar-refractivity contribution in [2.75, 3.05) is 18.5 Å². The largest absolute Gasteiger partial charge is 0.381 e. The molecule has 16 heavy (non-hydrogen) atoms. The molecular formula is C12H13FN2O. The van der Waals surface area contributed by atoms with Gasteiger partial charge in [0.1, 0.15) is 11.4 Å². The van der Waals surface area contributed by atoms with Crippen LogP contribution in [0, 0.1) is 17.1 Å². The molecule has 1 aromatic rings. The molecule has 1 aliphatic heterocycles. The van der Waals surface area contributed by atoms with Gasteiger partial charge in [0.05, 0.1) is 6.07 Å². The van der Waals surface area contributed by atoms with Crippen molar-refractivity contribution in [3.63, 3.8) is 0 Å². The monoisotopic (exact) mass is 220 g/mol. The lowest BCUT2D eigenvalue weighted by atomic mass is 9.91. The second kappa shape index (κ2) is 4.50. The number of nitriles is 1. The molecule has 84 valence electrons. The molecule has 2 rings (SSSR count). The second-order valence-electron chi connectivity index (χ2n) is 3.94. The van der Waals surface area contributed by atoms with E-state index in [-0.39, 0.29) is 5.82 Å². The van der Waals surface area contributed by atoms with E-state index in [1.807, 2.05) is 0 Å². The van der Waals surface area contributed by atoms with Crippen molar-refractivity contribution in [1.29, 1.82) is 5.26 Å². The van der Waals surface area contributed by atoms with Crippen molar-refractivity contribution in [1.82, 2.24) is 0 Å². The zero-order chi connectivity index (χ0) is 11.4. The molecule has 0 aliphatic carbocycles. The fourth-order valence-corrected chi connectivity index (χ4v) is 1.79. The minimum Gasteiger partial charge on any atom is -0.381 e. The van der Waals surface area contributed by atoms with Gasteiger partial charge >= 0.3 is 0 Å². The van der Waals surface area contributed by atoms with Crippen LogP contribution in [0.5, 0.6) is 0 Å². The number of halogens is 1. The summed E-state index contributed by atoms with van der Waals surface area (Å²) in [5.41, 5.74) is 0.195. The predicted octanol–water partition coefficient (Wildman–Crippen LogP) is 2.31. The Hall–Kier alpha value is -1.60. The van der Waals surface area contributed by atoms with Crippen LogP contribution in [0.3, 0.4) is 0 Å². The highest BCUT2D eigenvalue weighted by Crippen LogP contribution is 2.25. The average Bonchev–Trinajstić information content (AvgIpc) is 2.33. The van der Waals surface area contributed by atoms with Gasteiger partial charge in [-0.15, -0.1) is 0 Å². The smallest absolute Gasteiger partial charge is 0.129 e. The number of benzene rings is 1. The van der Waals surface area contributed by atoms with Crippen molar-refractivity contribution >= 4 is 5.69 Å². The predicted molar refractivity (Wildman–Crippen MR) is 58.4 cm³/mol. The maximum Gasteiger partial charge on any atom is 0.129 e. The summed E-state index contributed by atoms with van der Waals surface area (Å²) in [6.45, 7) is 1.17. The summed E-state index contributed by atoms with van der Waals surface area (Å²) in [5.74, 6) is -0.275. The Bertz CT molecular complexity index is 390. The lowest BCUT2D eigenvalue weighted by Gasteiger charge is -2.32. The molecule has 3 nitrogen and oxygen atoms in total. The van der Waals surface area contributed by atoms with Crippen molar-refractivity contribution < 1.29 is 9.13 Å². The maximum absolute atomic E-state index is 12.7. The Morgan fingerprint density at radius 1 is 1.25 bits per heavy atom. The van der Waals surface area contributed by atoms with Gasteiger partial charge in [0.25, 0.3) is 0 Å². The fraction of sp³-hybridized carbons (Fsp3) is 0.417. The number of anilines is 1. The number of nitrogens with zero attached hydrogens (tertiary/aromatic N) is 1. The molecule has 4 heteroatoms. The molecule has 0 aromatic heterocycles. The summed E-state index contributed by atoms with van der Waals surface area (Å²) < 4.78 is 18.0. The van der Waals surface area contributed by atoms with E-state index in [1.165, 1.54) is 12.1 Å². The van der Waals surface area contributed by atoms with E-state index >= 15 is 0 Å². The summed E-state index contributed by atoms with van der Waals surface area (Å²) >= 11 is 0. The molecule has 0 unspecified atom stereocenters. The summed E-state index contributed by atoms with van der Waals surface area (Å²) in [6.07, 6.45) is 1.31. The van der Waals surface area contributed by atoms with Crippen LogP contribution in [-0.4, -0.2) is 18.8 Å². The van der Waals surface area contributed by atoms with Gasteiger partial charge in [-0.2, -0.15) is 5.26 Å². The third kappa shape index (κ3) is 2.31. The second-order valence-corrected chi connectivity index (χ2v) is 3.94. The minimum absolute atomic E-state index is 0.275. The lowest BCUT2D eigenvalue weighted by molar-refractivity contribution is 0.0753. The first-order chi connectivity index (χ1) is 7.74. The Labute approximate surface area is 93.8 Å². The highest BCUT2D eigenvalue weighted by Gasteiger charge is 2.32. The van der Waals surface area contributed by atoms with Gasteiger partial charge in [-0.1, -0.05) is 0 Å². The summed E-state index contributed by atoms with van der Waals surface area (Å²) in [5, 5.41) is 12.4. The molecule has 0 bridgehead atoms. The van der Waals surface area contributed by atoms with Crippen molar-refractivity contribution in [3.05, 3.63) is 30.1 Å². The van der Waals surface area contributed by atoms with E-state index in [2.05, 4.69) is 11.4 Å². The summed E-state index contributed by atoms with van der Waals surface area (Å²) in [7, 11) is 0. The van der Waals surface area contributed by atoms with Gasteiger partial charge < -0.3 is 10.1 Å². The molecule has 1 N–H and O–H groups in total. The van der Waals surface area contributed by atoms with Gasteiger partial charge in [0.15, 0.2) is 0 Å². The molecule has 0 spiro atoms. The first-order valence-corrected chi connectivity index (χ1v) is 5.27. The van der Waals surface area contributed by atoms with Crippen LogP contribution < -0.4 is 5.32 Å². The van der Waals surface area contributed by atoms with Crippen molar-refractivity contribution in [2.24, 2.45) is 0 Å². The molecule has 1 aromatic carbocycles. The Morgan fingerprint density at radius 3 is 2.44 bits per heavy atom. The molecule has 1 saturated heterocycles. The van der Waals surface area contributed by atoms with E-state index in [0.717, 1.165) is 5.69 Å². The molecule has 0 amide bonds. The van der Waals surface area contributed by atoms with Crippen LogP contribution in [0.2, 0.25) is 0 Å². The number of hydrogen-bond acceptors (Lipinski definition) is 3. The van der Waals surface area contributed by atoms with Gasteiger partial charge in [-0.05, 0) is 24.3 Å². The van der Waals surface area contributed by atoms with Crippen LogP contribution in [0.1, 0.15) is 12.8 Å². The number of ether oxygens (including phenoxy) is 1. The van der Waals surface area contributed by atoms with Crippen molar-refractivity contribution in [3.8, 4) is 6.07 Å². The third-order valence-corrected chi connectivity index (χ3v) is 2.79. The first kappa shape index (κ1) is 10.9. The normalized spacial score (nSPS) is 18.8. The molecule has 1 aliphatic rings. The third-order valence-electron chi connectivity index (χ3n) is 2.79. The van der Waals surface area contributed by atoms with Crippen molar-refractivity contribution in [2.45, 2.75) is 18.4 Å². The van der Waals surface area contributed by atoms with Crippen LogP contribution >= 0.6 is 0 Å². The van der Waals surface area contributed by atoms with Crippen LogP contribution in [0.25, 0.3) is 0 Å². The van der Waals surface area contributed by atoms with Gasteiger partial charge in [-0.25, -0.2) is 4.39 Å². The van der Waals surface area contributed by atoms with E-state index in [0.29, 0.717) is 26.1 Å². The zero-order valence-electron chi connectivity index (χ0n) is 8.87. The minimum atomic E-state index is -0.573. The lowest BCUT2D eigenvalue weighted by Crippen LogP contribution is -2.42. The average molecular weight is 220 g/mol. The summed E-state index contributed by atoms with van der Waals surface area (Å²) in [6, 6.07) is 8.34. The Balaban J connectivity index is 2.12. The zero-order valence-corrected chi connectivity index (χ0v) is 8.87. The van der Waals surface area contributed by atoms with E-state index in [9.17, 15) is 9.65 Å². The van der Waals surface area contributed by atoms with Gasteiger partial charge in [0.2, 0.25) is 0 Å². The van der Waals surface area contributed by atoms with E-state index < -0.39 is 5.54 Å². The highest BCUT2D eigenvalue weighted by atomic mass is 19.1. The quantitative estimate of drug-likeness (QED) is 0.831. The number of hydrogen-bond donors (Lipinski definition) is 1. The first-order valence-electron chi connectivity index (χ1n) is 5.27. The molecule has 1 fully saturated rings. The molecule has 1 heterocycles. The van der Waals surface area contributed by atoms with Crippen LogP contribution in [-0.2, 0) is 4.74 Å². The summed E-state index contributed by atoms with van der Waals surface area (Å²) in [4.78, 5) is 0. The Kier molecular flexibility index (Phi) is 3.07. The molecular weight excluding hydrogens is 207 g/mol. The van der Waals surface area contributed by atoms with Gasteiger partial charge in [-0.3, -0.25) is 0 Å². The van der Waals surface area contributed by atoms with Crippen LogP contribution in [0.4, 0.5) is 10.1 Å². The fourth-order valence-electron chi connectivity index (χ4n) is 1.79. The standard InChI is InChI=1S/C12H13FN2O/c13-10-1-3-11(4-2-10)15-12(9-14)5-7-16-8-6-12/h1-4,15H,5-8H2. The molecule has 0 saturated carbocycles. The van der Waals surface area contributed by atoms with E-state index in [1.54, 1.807) is 12.1 Å². The Morgan fingerprint density at radius 2 is 1.88 bits per heavy atom. The number of rotatable bonds is 2. The topological polar surface area (TPSA) is 45.0 Å². The van der Waals surface area contributed by atoms with E-state index in [4.69, 9.17) is 4.74 Å².